The second-order valence-electron chi connectivity index (χ2n) is 6.16. The number of piperidine rings is 1. The molecule has 1 amide bonds. The Bertz CT molecular complexity index is 489. The monoisotopic (exact) mass is 330 g/mol. The Kier molecular flexibility index (Phi) is 5.37. The summed E-state index contributed by atoms with van der Waals surface area (Å²) in [5.74, 6) is 0.571. The Hall–Kier alpha value is -0.950. The highest BCUT2D eigenvalue weighted by Crippen LogP contribution is 2.21. The fraction of sp³-hybridized carbons (Fsp3) is 0.714. The second-order valence-corrected chi connectivity index (χ2v) is 8.85. The lowest BCUT2D eigenvalue weighted by molar-refractivity contribution is 0.0218. The highest BCUT2D eigenvalue weighted by atomic mass is 32.2. The molecular weight excluding hydrogens is 308 g/mol. The van der Waals surface area contributed by atoms with Gasteiger partial charge in [-0.25, -0.2) is 4.79 Å². The van der Waals surface area contributed by atoms with E-state index < -0.39 is 16.4 Å². The molecular formula is C14H22N2O3S2. The molecule has 1 aromatic heterocycles. The third-order valence-electron chi connectivity index (χ3n) is 3.23. The Balaban J connectivity index is 1.80. The first-order valence-electron chi connectivity index (χ1n) is 7.07. The number of carbonyl (C=O) groups excluding carboxylic acids is 1. The summed E-state index contributed by atoms with van der Waals surface area (Å²) in [6.07, 6.45) is 3.04. The topological polar surface area (TPSA) is 59.5 Å². The Morgan fingerprint density at radius 1 is 1.48 bits per heavy atom. The first kappa shape index (κ1) is 16.4. The summed E-state index contributed by atoms with van der Waals surface area (Å²) in [5, 5.41) is 0.158. The minimum Gasteiger partial charge on any atom is -0.444 e. The normalized spacial score (nSPS) is 18.5. The van der Waals surface area contributed by atoms with Gasteiger partial charge in [0, 0.05) is 40.2 Å². The number of amides is 1. The van der Waals surface area contributed by atoms with Crippen LogP contribution in [0.15, 0.2) is 11.7 Å². The van der Waals surface area contributed by atoms with Crippen LogP contribution >= 0.6 is 11.3 Å². The number of ether oxygens (including phenoxy) is 1. The van der Waals surface area contributed by atoms with Crippen LogP contribution in [-0.4, -0.2) is 44.1 Å². The van der Waals surface area contributed by atoms with Gasteiger partial charge in [0.15, 0.2) is 0 Å². The smallest absolute Gasteiger partial charge is 0.410 e. The molecule has 0 saturated carbocycles. The zero-order valence-corrected chi connectivity index (χ0v) is 14.3. The predicted molar refractivity (Wildman–Crippen MR) is 84.8 cm³/mol. The van der Waals surface area contributed by atoms with Crippen molar-refractivity contribution in [2.24, 2.45) is 0 Å². The summed E-state index contributed by atoms with van der Waals surface area (Å²) >= 11 is 1.54. The number of likely N-dealkylation sites (tertiary alicyclic amines) is 1. The van der Waals surface area contributed by atoms with Crippen molar-refractivity contribution in [1.82, 2.24) is 9.88 Å². The van der Waals surface area contributed by atoms with Gasteiger partial charge in [0.2, 0.25) is 0 Å². The molecule has 7 heteroatoms. The lowest BCUT2D eigenvalue weighted by atomic mass is 10.1. The maximum Gasteiger partial charge on any atom is 0.410 e. The molecule has 1 saturated heterocycles. The Labute approximate surface area is 132 Å². The fourth-order valence-electron chi connectivity index (χ4n) is 2.20. The number of hydrogen-bond donors (Lipinski definition) is 0. The number of nitrogens with zero attached hydrogens (tertiary/aromatic N) is 2. The van der Waals surface area contributed by atoms with Gasteiger partial charge in [0.1, 0.15) is 5.60 Å². The number of aromatic nitrogens is 1. The average molecular weight is 330 g/mol. The summed E-state index contributed by atoms with van der Waals surface area (Å²) in [4.78, 5) is 18.7. The molecule has 2 heterocycles. The number of hydrogen-bond acceptors (Lipinski definition) is 5. The van der Waals surface area contributed by atoms with Crippen LogP contribution in [0.2, 0.25) is 0 Å². The van der Waals surface area contributed by atoms with Crippen molar-refractivity contribution in [2.45, 2.75) is 50.2 Å². The van der Waals surface area contributed by atoms with Crippen molar-refractivity contribution in [2.75, 3.05) is 13.1 Å². The zero-order chi connectivity index (χ0) is 15.5. The van der Waals surface area contributed by atoms with E-state index in [9.17, 15) is 9.00 Å². The lowest BCUT2D eigenvalue weighted by Crippen LogP contribution is -2.43. The molecule has 21 heavy (non-hydrogen) atoms. The van der Waals surface area contributed by atoms with Crippen LogP contribution in [0.4, 0.5) is 4.79 Å². The van der Waals surface area contributed by atoms with Crippen molar-refractivity contribution in [3.63, 3.8) is 0 Å². The summed E-state index contributed by atoms with van der Waals surface area (Å²) in [6, 6.07) is 0. The van der Waals surface area contributed by atoms with Crippen LogP contribution in [0.5, 0.6) is 0 Å². The molecule has 0 spiro atoms. The maximum absolute atomic E-state index is 12.3. The molecule has 0 aliphatic carbocycles. The first-order valence-corrected chi connectivity index (χ1v) is 9.34. The largest absolute Gasteiger partial charge is 0.444 e. The van der Waals surface area contributed by atoms with Crippen LogP contribution in [0.3, 0.4) is 0 Å². The summed E-state index contributed by atoms with van der Waals surface area (Å²) in [6.45, 7) is 6.83. The molecule has 1 aliphatic rings. The van der Waals surface area contributed by atoms with Gasteiger partial charge in [0.25, 0.3) is 0 Å². The molecule has 0 N–H and O–H groups in total. The van der Waals surface area contributed by atoms with Gasteiger partial charge < -0.3 is 9.64 Å². The second kappa shape index (κ2) is 6.87. The van der Waals surface area contributed by atoms with E-state index in [0.717, 1.165) is 17.7 Å². The van der Waals surface area contributed by atoms with Crippen LogP contribution in [0.1, 0.15) is 38.5 Å². The van der Waals surface area contributed by atoms with E-state index in [4.69, 9.17) is 4.74 Å². The molecule has 118 valence electrons. The van der Waals surface area contributed by atoms with E-state index in [-0.39, 0.29) is 11.3 Å². The summed E-state index contributed by atoms with van der Waals surface area (Å²) in [7, 11) is -0.891. The quantitative estimate of drug-likeness (QED) is 0.855. The number of thiazole rings is 1. The van der Waals surface area contributed by atoms with Crippen LogP contribution in [0.25, 0.3) is 0 Å². The van der Waals surface area contributed by atoms with Crippen molar-refractivity contribution in [1.29, 1.82) is 0 Å². The minimum absolute atomic E-state index is 0.158. The van der Waals surface area contributed by atoms with Gasteiger partial charge in [-0.05, 0) is 33.6 Å². The standard InChI is InChI=1S/C14H22N2O3S2/c1-14(2,3)19-13(17)16-6-4-12(5-7-16)21(18)9-11-8-15-10-20-11/h8,10,12H,4-7,9H2,1-3H3/t21-/m1/s1. The first-order chi connectivity index (χ1) is 9.85. The third kappa shape index (κ3) is 5.07. The zero-order valence-electron chi connectivity index (χ0n) is 12.7. The van der Waals surface area contributed by atoms with Gasteiger partial charge in [-0.3, -0.25) is 9.19 Å². The Morgan fingerprint density at radius 2 is 2.14 bits per heavy atom. The third-order valence-corrected chi connectivity index (χ3v) is 6.01. The lowest BCUT2D eigenvalue weighted by Gasteiger charge is -2.33. The molecule has 0 radical (unpaired) electrons. The highest BCUT2D eigenvalue weighted by molar-refractivity contribution is 7.85. The molecule has 1 aromatic rings. The van der Waals surface area contributed by atoms with Crippen molar-refractivity contribution in [3.05, 3.63) is 16.6 Å². The van der Waals surface area contributed by atoms with E-state index in [1.807, 2.05) is 20.8 Å². The highest BCUT2D eigenvalue weighted by Gasteiger charge is 2.29. The number of carbonyl (C=O) groups is 1. The van der Waals surface area contributed by atoms with Crippen molar-refractivity contribution >= 4 is 28.2 Å². The van der Waals surface area contributed by atoms with Gasteiger partial charge in [-0.15, -0.1) is 11.3 Å². The fourth-order valence-corrected chi connectivity index (χ4v) is 4.53. The van der Waals surface area contributed by atoms with Crippen molar-refractivity contribution < 1.29 is 13.7 Å². The van der Waals surface area contributed by atoms with Gasteiger partial charge in [-0.2, -0.15) is 0 Å². The Morgan fingerprint density at radius 3 is 2.67 bits per heavy atom. The van der Waals surface area contributed by atoms with Crippen LogP contribution in [0, 0.1) is 0 Å². The minimum atomic E-state index is -0.891. The van der Waals surface area contributed by atoms with Gasteiger partial charge in [0.05, 0.1) is 11.3 Å². The van der Waals surface area contributed by atoms with Crippen LogP contribution < -0.4 is 0 Å². The summed E-state index contributed by atoms with van der Waals surface area (Å²) in [5.41, 5.74) is 1.29. The van der Waals surface area contributed by atoms with Gasteiger partial charge >= 0.3 is 6.09 Å². The summed E-state index contributed by atoms with van der Waals surface area (Å²) < 4.78 is 17.7. The molecule has 0 unspecified atom stereocenters. The van der Waals surface area contributed by atoms with E-state index in [0.29, 0.717) is 18.8 Å². The molecule has 1 atom stereocenters. The van der Waals surface area contributed by atoms with Crippen LogP contribution in [-0.2, 0) is 21.3 Å². The predicted octanol–water partition coefficient (Wildman–Crippen LogP) is 2.79. The molecule has 2 rings (SSSR count). The molecule has 0 bridgehead atoms. The average Bonchev–Trinajstić information content (AvgIpc) is 2.90. The van der Waals surface area contributed by atoms with Crippen molar-refractivity contribution in [3.8, 4) is 0 Å². The van der Waals surface area contributed by atoms with E-state index >= 15 is 0 Å². The maximum atomic E-state index is 12.3. The molecule has 1 aliphatic heterocycles. The molecule has 0 aromatic carbocycles. The van der Waals surface area contributed by atoms with E-state index in [1.165, 1.54) is 11.3 Å². The molecule has 5 nitrogen and oxygen atoms in total. The van der Waals surface area contributed by atoms with Gasteiger partial charge in [-0.1, -0.05) is 0 Å². The van der Waals surface area contributed by atoms with E-state index in [2.05, 4.69) is 4.98 Å². The molecule has 1 fully saturated rings. The van der Waals surface area contributed by atoms with E-state index in [1.54, 1.807) is 16.6 Å². The SMILES string of the molecule is CC(C)(C)OC(=O)N1CCC([S@](=O)Cc2cncs2)CC1. The number of rotatable bonds is 3.